The van der Waals surface area contributed by atoms with Crippen molar-refractivity contribution in [3.63, 3.8) is 0 Å². The molecule has 0 bridgehead atoms. The van der Waals surface area contributed by atoms with Gasteiger partial charge in [0, 0.05) is 20.3 Å². The van der Waals surface area contributed by atoms with E-state index in [0.29, 0.717) is 6.61 Å². The maximum Gasteiger partial charge on any atom is 0.319 e. The largest absolute Gasteiger partial charge is 0.480 e. The molecule has 5 heteroatoms. The van der Waals surface area contributed by atoms with E-state index in [1.165, 1.54) is 14.0 Å². The van der Waals surface area contributed by atoms with Gasteiger partial charge in [-0.25, -0.2) is 0 Å². The van der Waals surface area contributed by atoms with Gasteiger partial charge in [0.1, 0.15) is 5.41 Å². The molecule has 2 N–H and O–H groups in total. The Hall–Kier alpha value is -1.10. The van der Waals surface area contributed by atoms with E-state index in [9.17, 15) is 9.59 Å². The van der Waals surface area contributed by atoms with Crippen LogP contribution in [0.2, 0.25) is 0 Å². The third-order valence-electron chi connectivity index (χ3n) is 2.30. The maximum absolute atomic E-state index is 11.4. The normalized spacial score (nSPS) is 14.3. The lowest BCUT2D eigenvalue weighted by atomic mass is 9.86. The molecule has 0 saturated heterocycles. The van der Waals surface area contributed by atoms with Crippen molar-refractivity contribution in [2.75, 3.05) is 20.3 Å². The Morgan fingerprint density at radius 3 is 2.40 bits per heavy atom. The van der Waals surface area contributed by atoms with Gasteiger partial charge in [0.15, 0.2) is 0 Å². The minimum Gasteiger partial charge on any atom is -0.480 e. The molecule has 0 heterocycles. The van der Waals surface area contributed by atoms with E-state index in [2.05, 4.69) is 5.32 Å². The second kappa shape index (κ2) is 6.40. The molecule has 0 aromatic heterocycles. The van der Waals surface area contributed by atoms with Gasteiger partial charge in [-0.15, -0.1) is 0 Å². The van der Waals surface area contributed by atoms with Crippen LogP contribution in [0.5, 0.6) is 0 Å². The summed E-state index contributed by atoms with van der Waals surface area (Å²) in [5.74, 6) is -1.61. The van der Waals surface area contributed by atoms with Crippen molar-refractivity contribution in [3.05, 3.63) is 0 Å². The highest BCUT2D eigenvalue weighted by Gasteiger charge is 2.40. The number of amides is 1. The number of carboxylic acid groups (broad SMARTS) is 1. The fourth-order valence-electron chi connectivity index (χ4n) is 1.12. The predicted molar refractivity (Wildman–Crippen MR) is 55.5 cm³/mol. The highest BCUT2D eigenvalue weighted by Crippen LogP contribution is 2.21. The zero-order valence-electron chi connectivity index (χ0n) is 9.50. The number of hydrogen-bond donors (Lipinski definition) is 2. The van der Waals surface area contributed by atoms with E-state index in [4.69, 9.17) is 9.84 Å². The van der Waals surface area contributed by atoms with E-state index >= 15 is 0 Å². The first-order chi connectivity index (χ1) is 6.99. The van der Waals surface area contributed by atoms with Crippen LogP contribution in [0.15, 0.2) is 0 Å². The van der Waals surface area contributed by atoms with Crippen LogP contribution in [-0.4, -0.2) is 37.2 Å². The number of carbonyl (C=O) groups is 2. The number of nitrogens with one attached hydrogen (secondary N) is 1. The number of carboxylic acids is 1. The first-order valence-electron chi connectivity index (χ1n) is 5.02. The molecular weight excluding hydrogens is 198 g/mol. The van der Waals surface area contributed by atoms with Gasteiger partial charge in [0.2, 0.25) is 5.91 Å². The monoisotopic (exact) mass is 217 g/mol. The maximum atomic E-state index is 11.4. The summed E-state index contributed by atoms with van der Waals surface area (Å²) in [5.41, 5.74) is -1.40. The van der Waals surface area contributed by atoms with Crippen LogP contribution in [0.4, 0.5) is 0 Å². The molecule has 0 radical (unpaired) electrons. The average Bonchev–Trinajstić information content (AvgIpc) is 2.22. The van der Waals surface area contributed by atoms with Crippen molar-refractivity contribution >= 4 is 11.9 Å². The third-order valence-corrected chi connectivity index (χ3v) is 2.30. The van der Waals surface area contributed by atoms with Crippen molar-refractivity contribution in [2.24, 2.45) is 5.41 Å². The Kier molecular flexibility index (Phi) is 5.93. The van der Waals surface area contributed by atoms with E-state index < -0.39 is 17.3 Å². The summed E-state index contributed by atoms with van der Waals surface area (Å²) in [6, 6.07) is 0. The Balaban J connectivity index is 4.27. The van der Waals surface area contributed by atoms with Crippen LogP contribution < -0.4 is 5.32 Å². The van der Waals surface area contributed by atoms with Gasteiger partial charge in [-0.1, -0.05) is 6.92 Å². The molecule has 0 saturated carbocycles. The summed E-state index contributed by atoms with van der Waals surface area (Å²) in [4.78, 5) is 22.4. The first kappa shape index (κ1) is 13.9. The summed E-state index contributed by atoms with van der Waals surface area (Å²) in [7, 11) is 1.43. The van der Waals surface area contributed by atoms with E-state index in [1.54, 1.807) is 0 Å². The number of aliphatic carboxylic acids is 1. The molecule has 1 atom stereocenters. The van der Waals surface area contributed by atoms with E-state index in [1.807, 2.05) is 6.92 Å². The van der Waals surface area contributed by atoms with Crippen LogP contribution >= 0.6 is 0 Å². The third kappa shape index (κ3) is 3.87. The van der Waals surface area contributed by atoms with Gasteiger partial charge in [-0.3, -0.25) is 9.59 Å². The number of ether oxygens (including phenoxy) is 1. The summed E-state index contributed by atoms with van der Waals surface area (Å²) in [6.07, 6.45) is 1.06. The minimum absolute atomic E-state index is 0.183. The summed E-state index contributed by atoms with van der Waals surface area (Å²) in [5, 5.41) is 11.3. The fourth-order valence-corrected chi connectivity index (χ4v) is 1.12. The molecule has 0 aliphatic heterocycles. The second-order valence-electron chi connectivity index (χ2n) is 3.58. The highest BCUT2D eigenvalue weighted by atomic mass is 16.5. The molecule has 5 nitrogen and oxygen atoms in total. The lowest BCUT2D eigenvalue weighted by Crippen LogP contribution is -2.43. The van der Waals surface area contributed by atoms with Gasteiger partial charge in [0.05, 0.1) is 0 Å². The molecule has 88 valence electrons. The molecule has 0 aromatic rings. The topological polar surface area (TPSA) is 75.6 Å². The Bertz CT molecular complexity index is 229. The summed E-state index contributed by atoms with van der Waals surface area (Å²) >= 11 is 0. The van der Waals surface area contributed by atoms with E-state index in [0.717, 1.165) is 6.42 Å². The van der Waals surface area contributed by atoms with Crippen molar-refractivity contribution in [2.45, 2.75) is 26.7 Å². The first-order valence-corrected chi connectivity index (χ1v) is 5.02. The smallest absolute Gasteiger partial charge is 0.319 e. The summed E-state index contributed by atoms with van der Waals surface area (Å²) in [6.45, 7) is 4.24. The van der Waals surface area contributed by atoms with Crippen molar-refractivity contribution < 1.29 is 19.4 Å². The number of rotatable bonds is 7. The quantitative estimate of drug-likeness (QED) is 0.484. The average molecular weight is 217 g/mol. The zero-order chi connectivity index (χ0) is 11.9. The lowest BCUT2D eigenvalue weighted by Gasteiger charge is -2.22. The molecule has 0 fully saturated rings. The fraction of sp³-hybridized carbons (Fsp3) is 0.800. The van der Waals surface area contributed by atoms with Gasteiger partial charge in [-0.05, 0) is 19.8 Å². The standard InChI is InChI=1S/C10H19NO4/c1-4-6-15-7-5-10(2,9(13)14)8(12)11-3/h4-7H2,1-3H3,(H,11,12)(H,13,14). The Labute approximate surface area is 89.8 Å². The number of hydrogen-bond acceptors (Lipinski definition) is 3. The van der Waals surface area contributed by atoms with Gasteiger partial charge >= 0.3 is 5.97 Å². The molecule has 0 aliphatic carbocycles. The highest BCUT2D eigenvalue weighted by molar-refractivity contribution is 6.01. The molecule has 1 amide bonds. The van der Waals surface area contributed by atoms with Crippen molar-refractivity contribution in [3.8, 4) is 0 Å². The molecule has 0 rings (SSSR count). The van der Waals surface area contributed by atoms with Crippen molar-refractivity contribution in [1.82, 2.24) is 5.32 Å². The van der Waals surface area contributed by atoms with Crippen LogP contribution in [0, 0.1) is 5.41 Å². The van der Waals surface area contributed by atoms with Crippen LogP contribution in [0.1, 0.15) is 26.7 Å². The molecule has 0 aromatic carbocycles. The molecule has 0 aliphatic rings. The van der Waals surface area contributed by atoms with Gasteiger partial charge in [-0.2, -0.15) is 0 Å². The Morgan fingerprint density at radius 1 is 1.40 bits per heavy atom. The SMILES string of the molecule is CCCOCCC(C)(C(=O)O)C(=O)NC. The van der Waals surface area contributed by atoms with Crippen LogP contribution in [0.3, 0.4) is 0 Å². The molecule has 15 heavy (non-hydrogen) atoms. The second-order valence-corrected chi connectivity index (χ2v) is 3.58. The predicted octanol–water partition coefficient (Wildman–Crippen LogP) is 0.640. The molecule has 0 spiro atoms. The van der Waals surface area contributed by atoms with Crippen LogP contribution in [-0.2, 0) is 14.3 Å². The Morgan fingerprint density at radius 2 is 2.00 bits per heavy atom. The van der Waals surface area contributed by atoms with Gasteiger partial charge in [0.25, 0.3) is 0 Å². The molecular formula is C10H19NO4. The van der Waals surface area contributed by atoms with Crippen molar-refractivity contribution in [1.29, 1.82) is 0 Å². The molecule has 1 unspecified atom stereocenters. The number of carbonyl (C=O) groups excluding carboxylic acids is 1. The minimum atomic E-state index is -1.40. The lowest BCUT2D eigenvalue weighted by molar-refractivity contribution is -0.155. The zero-order valence-corrected chi connectivity index (χ0v) is 9.50. The van der Waals surface area contributed by atoms with E-state index in [-0.39, 0.29) is 13.0 Å². The van der Waals surface area contributed by atoms with Crippen LogP contribution in [0.25, 0.3) is 0 Å². The summed E-state index contributed by atoms with van der Waals surface area (Å²) < 4.78 is 5.18. The van der Waals surface area contributed by atoms with Gasteiger partial charge < -0.3 is 15.2 Å².